The number of rotatable bonds is 5. The van der Waals surface area contributed by atoms with Crippen LogP contribution in [-0.4, -0.2) is 26.9 Å². The first-order valence-electron chi connectivity index (χ1n) is 7.18. The van der Waals surface area contributed by atoms with E-state index in [9.17, 15) is 0 Å². The van der Waals surface area contributed by atoms with Crippen molar-refractivity contribution in [1.29, 1.82) is 0 Å². The molecule has 0 spiro atoms. The van der Waals surface area contributed by atoms with Crippen molar-refractivity contribution in [2.24, 2.45) is 0 Å². The van der Waals surface area contributed by atoms with Crippen LogP contribution >= 0.6 is 0 Å². The average Bonchev–Trinajstić information content (AvgIpc) is 2.46. The standard InChI is InChI=1S/C16H25NO2/c1-12-10-13(18-3)7-8-15(12)16(17-2)11-14-6-4-5-9-19-14/h7-8,10,14,16-17H,4-6,9,11H2,1-3H3. The molecule has 0 aromatic heterocycles. The Kier molecular flexibility index (Phi) is 5.23. The van der Waals surface area contributed by atoms with E-state index in [0.29, 0.717) is 12.1 Å². The number of nitrogens with one attached hydrogen (secondary N) is 1. The van der Waals surface area contributed by atoms with Crippen LogP contribution in [0.15, 0.2) is 18.2 Å². The number of hydrogen-bond donors (Lipinski definition) is 1. The highest BCUT2D eigenvalue weighted by Gasteiger charge is 2.20. The highest BCUT2D eigenvalue weighted by molar-refractivity contribution is 5.36. The molecule has 0 amide bonds. The quantitative estimate of drug-likeness (QED) is 0.884. The normalized spacial score (nSPS) is 21.1. The van der Waals surface area contributed by atoms with Crippen molar-refractivity contribution in [3.05, 3.63) is 29.3 Å². The second-order valence-corrected chi connectivity index (χ2v) is 5.29. The summed E-state index contributed by atoms with van der Waals surface area (Å²) in [6.45, 7) is 3.06. The van der Waals surface area contributed by atoms with Gasteiger partial charge in [-0.3, -0.25) is 0 Å². The van der Waals surface area contributed by atoms with Gasteiger partial charge < -0.3 is 14.8 Å². The Hall–Kier alpha value is -1.06. The van der Waals surface area contributed by atoms with Crippen molar-refractivity contribution in [3.63, 3.8) is 0 Å². The van der Waals surface area contributed by atoms with E-state index < -0.39 is 0 Å². The van der Waals surface area contributed by atoms with Crippen molar-refractivity contribution < 1.29 is 9.47 Å². The molecule has 0 saturated carbocycles. The molecule has 1 saturated heterocycles. The van der Waals surface area contributed by atoms with E-state index in [-0.39, 0.29) is 0 Å². The van der Waals surface area contributed by atoms with E-state index in [0.717, 1.165) is 18.8 Å². The third kappa shape index (κ3) is 3.71. The number of methoxy groups -OCH3 is 1. The lowest BCUT2D eigenvalue weighted by molar-refractivity contribution is 0.00545. The van der Waals surface area contributed by atoms with Crippen molar-refractivity contribution in [2.75, 3.05) is 20.8 Å². The molecule has 19 heavy (non-hydrogen) atoms. The maximum atomic E-state index is 5.85. The summed E-state index contributed by atoms with van der Waals surface area (Å²) < 4.78 is 11.1. The maximum absolute atomic E-state index is 5.85. The Bertz CT molecular complexity index is 400. The Morgan fingerprint density at radius 1 is 1.42 bits per heavy atom. The molecule has 2 atom stereocenters. The molecule has 0 aliphatic carbocycles. The lowest BCUT2D eigenvalue weighted by atomic mass is 9.94. The van der Waals surface area contributed by atoms with Gasteiger partial charge in [0.15, 0.2) is 0 Å². The first kappa shape index (κ1) is 14.4. The third-order valence-corrected chi connectivity index (χ3v) is 3.97. The average molecular weight is 263 g/mol. The van der Waals surface area contributed by atoms with E-state index in [1.165, 1.54) is 30.4 Å². The van der Waals surface area contributed by atoms with Crippen LogP contribution in [0.4, 0.5) is 0 Å². The first-order chi connectivity index (χ1) is 9.24. The second kappa shape index (κ2) is 6.92. The predicted octanol–water partition coefficient (Wildman–Crippen LogP) is 3.22. The van der Waals surface area contributed by atoms with Crippen LogP contribution < -0.4 is 10.1 Å². The van der Waals surface area contributed by atoms with E-state index in [4.69, 9.17) is 9.47 Å². The van der Waals surface area contributed by atoms with Gasteiger partial charge in [0, 0.05) is 12.6 Å². The fraction of sp³-hybridized carbons (Fsp3) is 0.625. The molecule has 0 radical (unpaired) electrons. The minimum Gasteiger partial charge on any atom is -0.497 e. The Morgan fingerprint density at radius 3 is 2.84 bits per heavy atom. The SMILES string of the molecule is CNC(CC1CCCCO1)c1ccc(OC)cc1C. The van der Waals surface area contributed by atoms with Crippen molar-refractivity contribution in [1.82, 2.24) is 5.32 Å². The third-order valence-electron chi connectivity index (χ3n) is 3.97. The minimum absolute atomic E-state index is 0.356. The molecule has 0 bridgehead atoms. The van der Waals surface area contributed by atoms with Gasteiger partial charge in [-0.15, -0.1) is 0 Å². The zero-order valence-corrected chi connectivity index (χ0v) is 12.2. The predicted molar refractivity (Wildman–Crippen MR) is 77.7 cm³/mol. The lowest BCUT2D eigenvalue weighted by Gasteiger charge is -2.28. The van der Waals surface area contributed by atoms with Gasteiger partial charge >= 0.3 is 0 Å². The molecule has 106 valence electrons. The summed E-state index contributed by atoms with van der Waals surface area (Å²) in [5.41, 5.74) is 2.62. The van der Waals surface area contributed by atoms with Gasteiger partial charge in [0.25, 0.3) is 0 Å². The fourth-order valence-electron chi connectivity index (χ4n) is 2.82. The zero-order chi connectivity index (χ0) is 13.7. The molecular formula is C16H25NO2. The summed E-state index contributed by atoms with van der Waals surface area (Å²) in [6.07, 6.45) is 5.13. The van der Waals surface area contributed by atoms with Crippen LogP contribution in [0.1, 0.15) is 42.9 Å². The van der Waals surface area contributed by atoms with E-state index in [2.05, 4.69) is 24.4 Å². The number of benzene rings is 1. The van der Waals surface area contributed by atoms with Gasteiger partial charge in [-0.25, -0.2) is 0 Å². The van der Waals surface area contributed by atoms with Crippen LogP contribution in [0.2, 0.25) is 0 Å². The Balaban J connectivity index is 2.07. The van der Waals surface area contributed by atoms with Crippen molar-refractivity contribution in [2.45, 2.75) is 44.8 Å². The summed E-state index contributed by atoms with van der Waals surface area (Å²) in [6, 6.07) is 6.66. The molecule has 1 N–H and O–H groups in total. The van der Waals surface area contributed by atoms with E-state index >= 15 is 0 Å². The van der Waals surface area contributed by atoms with E-state index in [1.54, 1.807) is 7.11 Å². The van der Waals surface area contributed by atoms with Crippen LogP contribution in [0.5, 0.6) is 5.75 Å². The van der Waals surface area contributed by atoms with Crippen LogP contribution in [0.3, 0.4) is 0 Å². The highest BCUT2D eigenvalue weighted by atomic mass is 16.5. The molecule has 3 heteroatoms. The molecule has 1 aromatic rings. The van der Waals surface area contributed by atoms with Gasteiger partial charge in [0.2, 0.25) is 0 Å². The summed E-state index contributed by atoms with van der Waals surface area (Å²) in [4.78, 5) is 0. The number of hydrogen-bond acceptors (Lipinski definition) is 3. The van der Waals surface area contributed by atoms with Crippen LogP contribution in [0.25, 0.3) is 0 Å². The molecule has 2 unspecified atom stereocenters. The monoisotopic (exact) mass is 263 g/mol. The summed E-state index contributed by atoms with van der Waals surface area (Å²) in [5.74, 6) is 0.921. The zero-order valence-electron chi connectivity index (χ0n) is 12.2. The molecule has 1 heterocycles. The number of ether oxygens (including phenoxy) is 2. The molecule has 2 rings (SSSR count). The molecule has 3 nitrogen and oxygen atoms in total. The van der Waals surface area contributed by atoms with Crippen molar-refractivity contribution in [3.8, 4) is 5.75 Å². The smallest absolute Gasteiger partial charge is 0.119 e. The second-order valence-electron chi connectivity index (χ2n) is 5.29. The molecule has 1 aromatic carbocycles. The van der Waals surface area contributed by atoms with Gasteiger partial charge in [0.05, 0.1) is 13.2 Å². The Morgan fingerprint density at radius 2 is 2.26 bits per heavy atom. The summed E-state index contributed by atoms with van der Waals surface area (Å²) in [5, 5.41) is 3.42. The maximum Gasteiger partial charge on any atom is 0.119 e. The van der Waals surface area contributed by atoms with Gasteiger partial charge in [0.1, 0.15) is 5.75 Å². The van der Waals surface area contributed by atoms with Gasteiger partial charge in [-0.2, -0.15) is 0 Å². The molecule has 1 aliphatic heterocycles. The summed E-state index contributed by atoms with van der Waals surface area (Å²) >= 11 is 0. The lowest BCUT2D eigenvalue weighted by Crippen LogP contribution is -2.27. The number of aryl methyl sites for hydroxylation is 1. The fourth-order valence-corrected chi connectivity index (χ4v) is 2.82. The van der Waals surface area contributed by atoms with Crippen molar-refractivity contribution >= 4 is 0 Å². The van der Waals surface area contributed by atoms with Crippen LogP contribution in [-0.2, 0) is 4.74 Å². The minimum atomic E-state index is 0.356. The van der Waals surface area contributed by atoms with Gasteiger partial charge in [-0.05, 0) is 62.9 Å². The van der Waals surface area contributed by atoms with Gasteiger partial charge in [-0.1, -0.05) is 6.07 Å². The first-order valence-corrected chi connectivity index (χ1v) is 7.18. The highest BCUT2D eigenvalue weighted by Crippen LogP contribution is 2.28. The largest absolute Gasteiger partial charge is 0.497 e. The molecule has 1 fully saturated rings. The van der Waals surface area contributed by atoms with Crippen LogP contribution in [0, 0.1) is 6.92 Å². The Labute approximate surface area is 116 Å². The summed E-state index contributed by atoms with van der Waals surface area (Å²) in [7, 11) is 3.73. The topological polar surface area (TPSA) is 30.5 Å². The van der Waals surface area contributed by atoms with E-state index in [1.807, 2.05) is 13.1 Å². The molecular weight excluding hydrogens is 238 g/mol. The molecule has 1 aliphatic rings.